The highest BCUT2D eigenvalue weighted by atomic mass is 35.5. The molecule has 0 amide bonds. The lowest BCUT2D eigenvalue weighted by Gasteiger charge is -2.38. The molecule has 126 valence electrons. The van der Waals surface area contributed by atoms with Crippen molar-refractivity contribution in [3.8, 4) is 0 Å². The van der Waals surface area contributed by atoms with Crippen LogP contribution in [0.25, 0.3) is 0 Å². The van der Waals surface area contributed by atoms with E-state index in [1.54, 1.807) is 0 Å². The Balaban J connectivity index is 1.59. The van der Waals surface area contributed by atoms with Crippen molar-refractivity contribution in [2.24, 2.45) is 0 Å². The molecule has 5 heteroatoms. The molecule has 2 aromatic carbocycles. The van der Waals surface area contributed by atoms with Crippen molar-refractivity contribution >= 4 is 40.3 Å². The van der Waals surface area contributed by atoms with E-state index in [1.165, 1.54) is 16.8 Å². The van der Waals surface area contributed by atoms with Crippen LogP contribution in [0.1, 0.15) is 11.1 Å². The maximum absolute atomic E-state index is 5.92. The zero-order valence-corrected chi connectivity index (χ0v) is 15.6. The number of aryl methyl sites for hydroxylation is 1. The van der Waals surface area contributed by atoms with Gasteiger partial charge >= 0.3 is 0 Å². The summed E-state index contributed by atoms with van der Waals surface area (Å²) < 4.78 is 0. The van der Waals surface area contributed by atoms with Crippen molar-refractivity contribution in [3.63, 3.8) is 0 Å². The molecule has 1 fully saturated rings. The minimum Gasteiger partial charge on any atom is -0.368 e. The third-order valence-corrected chi connectivity index (χ3v) is 5.19. The lowest BCUT2D eigenvalue weighted by atomic mass is 10.1. The number of hydrogen-bond acceptors (Lipinski definition) is 2. The van der Waals surface area contributed by atoms with E-state index in [0.717, 1.165) is 42.0 Å². The van der Waals surface area contributed by atoms with Crippen molar-refractivity contribution < 1.29 is 0 Å². The summed E-state index contributed by atoms with van der Waals surface area (Å²) >= 11 is 11.5. The molecule has 1 aliphatic rings. The molecule has 0 atom stereocenters. The lowest BCUT2D eigenvalue weighted by Crippen LogP contribution is -2.50. The number of rotatable bonds is 2. The highest BCUT2D eigenvalue weighted by Gasteiger charge is 2.20. The summed E-state index contributed by atoms with van der Waals surface area (Å²) in [5.41, 5.74) is 5.02. The van der Waals surface area contributed by atoms with E-state index < -0.39 is 0 Å². The number of thiocarbonyl (C=S) groups is 1. The van der Waals surface area contributed by atoms with E-state index in [2.05, 4.69) is 47.2 Å². The Bertz CT molecular complexity index is 722. The Labute approximate surface area is 154 Å². The van der Waals surface area contributed by atoms with E-state index in [0.29, 0.717) is 0 Å². The number of benzene rings is 2. The van der Waals surface area contributed by atoms with Crippen molar-refractivity contribution in [1.82, 2.24) is 4.90 Å². The number of halogens is 1. The molecule has 2 aromatic rings. The van der Waals surface area contributed by atoms with Crippen LogP contribution in [0, 0.1) is 13.8 Å². The summed E-state index contributed by atoms with van der Waals surface area (Å²) in [6.07, 6.45) is 0. The summed E-state index contributed by atoms with van der Waals surface area (Å²) in [5.74, 6) is 0. The van der Waals surface area contributed by atoms with Gasteiger partial charge in [0.1, 0.15) is 0 Å². The molecule has 0 unspecified atom stereocenters. The fraction of sp³-hybridized carbons (Fsp3) is 0.316. The summed E-state index contributed by atoms with van der Waals surface area (Å²) in [4.78, 5) is 4.68. The zero-order valence-electron chi connectivity index (χ0n) is 14.1. The van der Waals surface area contributed by atoms with E-state index in [1.807, 2.05) is 24.3 Å². The monoisotopic (exact) mass is 359 g/mol. The molecule has 0 aromatic heterocycles. The average molecular weight is 360 g/mol. The number of anilines is 2. The van der Waals surface area contributed by atoms with Gasteiger partial charge in [-0.3, -0.25) is 0 Å². The van der Waals surface area contributed by atoms with Gasteiger partial charge < -0.3 is 15.1 Å². The van der Waals surface area contributed by atoms with Gasteiger partial charge in [0.15, 0.2) is 5.11 Å². The Kier molecular flexibility index (Phi) is 5.27. The number of hydrogen-bond donors (Lipinski definition) is 1. The summed E-state index contributed by atoms with van der Waals surface area (Å²) in [7, 11) is 0. The summed E-state index contributed by atoms with van der Waals surface area (Å²) in [5, 5.41) is 4.80. The molecule has 1 aliphatic heterocycles. The molecule has 0 bridgehead atoms. The molecule has 0 aliphatic carbocycles. The number of nitrogens with one attached hydrogen (secondary N) is 1. The fourth-order valence-electron chi connectivity index (χ4n) is 2.96. The maximum Gasteiger partial charge on any atom is 0.173 e. The second-order valence-electron chi connectivity index (χ2n) is 6.13. The zero-order chi connectivity index (χ0) is 17.1. The second kappa shape index (κ2) is 7.41. The van der Waals surface area contributed by atoms with Crippen LogP contribution in [-0.4, -0.2) is 36.2 Å². The topological polar surface area (TPSA) is 18.5 Å². The van der Waals surface area contributed by atoms with Crippen LogP contribution in [0.2, 0.25) is 5.02 Å². The highest BCUT2D eigenvalue weighted by molar-refractivity contribution is 7.80. The minimum absolute atomic E-state index is 0.730. The normalized spacial score (nSPS) is 14.6. The van der Waals surface area contributed by atoms with Crippen LogP contribution < -0.4 is 10.2 Å². The van der Waals surface area contributed by atoms with Crippen LogP contribution in [0.15, 0.2) is 42.5 Å². The first-order valence-electron chi connectivity index (χ1n) is 8.17. The van der Waals surface area contributed by atoms with E-state index in [9.17, 15) is 0 Å². The van der Waals surface area contributed by atoms with Gasteiger partial charge in [-0.25, -0.2) is 0 Å². The second-order valence-corrected chi connectivity index (χ2v) is 6.95. The van der Waals surface area contributed by atoms with Gasteiger partial charge in [0.05, 0.1) is 0 Å². The first-order chi connectivity index (χ1) is 11.5. The van der Waals surface area contributed by atoms with Crippen LogP contribution in [0.5, 0.6) is 0 Å². The molecule has 0 saturated carbocycles. The molecule has 3 rings (SSSR count). The average Bonchev–Trinajstić information content (AvgIpc) is 2.59. The summed E-state index contributed by atoms with van der Waals surface area (Å²) in [6.45, 7) is 8.17. The lowest BCUT2D eigenvalue weighted by molar-refractivity contribution is 0.390. The molecular weight excluding hydrogens is 338 g/mol. The molecule has 1 N–H and O–H groups in total. The third kappa shape index (κ3) is 3.82. The number of nitrogens with zero attached hydrogens (tertiary/aromatic N) is 2. The predicted octanol–water partition coefficient (Wildman–Crippen LogP) is 4.48. The van der Waals surface area contributed by atoms with E-state index in [-0.39, 0.29) is 0 Å². The quantitative estimate of drug-likeness (QED) is 0.797. The van der Waals surface area contributed by atoms with Crippen molar-refractivity contribution in [3.05, 3.63) is 58.6 Å². The van der Waals surface area contributed by atoms with Gasteiger partial charge in [-0.1, -0.05) is 23.7 Å². The van der Waals surface area contributed by atoms with Gasteiger partial charge in [-0.2, -0.15) is 0 Å². The Morgan fingerprint density at radius 1 is 1.00 bits per heavy atom. The van der Waals surface area contributed by atoms with Gasteiger partial charge in [-0.15, -0.1) is 0 Å². The standard InChI is InChI=1S/C19H22ClN3S/c1-14-4-3-5-18(15(14)2)22-10-12-23(13-11-22)19(24)21-17-8-6-16(20)7-9-17/h3-9H,10-13H2,1-2H3,(H,21,24). The fourth-order valence-corrected chi connectivity index (χ4v) is 3.39. The summed E-state index contributed by atoms with van der Waals surface area (Å²) in [6, 6.07) is 14.1. The highest BCUT2D eigenvalue weighted by Crippen LogP contribution is 2.24. The van der Waals surface area contributed by atoms with Crippen LogP contribution in [-0.2, 0) is 0 Å². The molecule has 1 saturated heterocycles. The van der Waals surface area contributed by atoms with E-state index in [4.69, 9.17) is 23.8 Å². The van der Waals surface area contributed by atoms with Crippen molar-refractivity contribution in [1.29, 1.82) is 0 Å². The minimum atomic E-state index is 0.730. The Morgan fingerprint density at radius 3 is 2.33 bits per heavy atom. The van der Waals surface area contributed by atoms with Gasteiger partial charge in [0, 0.05) is 42.6 Å². The van der Waals surface area contributed by atoms with E-state index >= 15 is 0 Å². The number of piperazine rings is 1. The third-order valence-electron chi connectivity index (χ3n) is 4.58. The van der Waals surface area contributed by atoms with Gasteiger partial charge in [-0.05, 0) is 67.5 Å². The smallest absolute Gasteiger partial charge is 0.173 e. The van der Waals surface area contributed by atoms with Gasteiger partial charge in [0.2, 0.25) is 0 Å². The SMILES string of the molecule is Cc1cccc(N2CCN(C(=S)Nc3ccc(Cl)cc3)CC2)c1C. The molecule has 0 spiro atoms. The Morgan fingerprint density at radius 2 is 1.67 bits per heavy atom. The van der Waals surface area contributed by atoms with Crippen LogP contribution in [0.3, 0.4) is 0 Å². The first-order valence-corrected chi connectivity index (χ1v) is 8.96. The van der Waals surface area contributed by atoms with Crippen LogP contribution in [0.4, 0.5) is 11.4 Å². The van der Waals surface area contributed by atoms with Crippen molar-refractivity contribution in [2.75, 3.05) is 36.4 Å². The molecule has 1 heterocycles. The molecule has 0 radical (unpaired) electrons. The largest absolute Gasteiger partial charge is 0.368 e. The molecule has 3 nitrogen and oxygen atoms in total. The van der Waals surface area contributed by atoms with Crippen LogP contribution >= 0.6 is 23.8 Å². The first kappa shape index (κ1) is 17.1. The molecule has 24 heavy (non-hydrogen) atoms. The van der Waals surface area contributed by atoms with Gasteiger partial charge in [0.25, 0.3) is 0 Å². The predicted molar refractivity (Wildman–Crippen MR) is 107 cm³/mol. The maximum atomic E-state index is 5.92. The molecular formula is C19H22ClN3S. The van der Waals surface area contributed by atoms with Crippen molar-refractivity contribution in [2.45, 2.75) is 13.8 Å². The Hall–Kier alpha value is -1.78.